The van der Waals surface area contributed by atoms with Crippen LogP contribution in [0.2, 0.25) is 0 Å². The topological polar surface area (TPSA) is 9.86 Å². The number of para-hydroxylation sites is 3. The summed E-state index contributed by atoms with van der Waals surface area (Å²) in [6.45, 7) is 2.24. The molecule has 0 saturated carbocycles. The van der Waals surface area contributed by atoms with Crippen molar-refractivity contribution < 1.29 is 0 Å². The number of hydrogen-bond donors (Lipinski definition) is 0. The minimum absolute atomic E-state index is 1.18. The molecule has 0 aliphatic heterocycles. The highest BCUT2D eigenvalue weighted by Gasteiger charge is 2.20. The molecule has 48 heavy (non-hydrogen) atoms. The maximum atomic E-state index is 2.47. The molecule has 0 atom stereocenters. The van der Waals surface area contributed by atoms with E-state index in [2.05, 4.69) is 179 Å². The number of aromatic nitrogens is 2. The van der Waals surface area contributed by atoms with Crippen LogP contribution < -0.4 is 0 Å². The van der Waals surface area contributed by atoms with Gasteiger partial charge in [0.05, 0.1) is 27.8 Å². The van der Waals surface area contributed by atoms with E-state index in [4.69, 9.17) is 0 Å². The summed E-state index contributed by atoms with van der Waals surface area (Å²) in [4.78, 5) is 0. The number of fused-ring (bicyclic) bond motifs is 7. The molecule has 2 nitrogen and oxygen atoms in total. The summed E-state index contributed by atoms with van der Waals surface area (Å²) < 4.78 is 6.17. The zero-order valence-corrected chi connectivity index (χ0v) is 27.2. The average Bonchev–Trinajstić information content (AvgIpc) is 3.81. The van der Waals surface area contributed by atoms with Gasteiger partial charge in [-0.1, -0.05) is 97.1 Å². The Kier molecular flexibility index (Phi) is 5.99. The van der Waals surface area contributed by atoms with Gasteiger partial charge >= 0.3 is 0 Å². The third-order valence-electron chi connectivity index (χ3n) is 9.93. The predicted octanol–water partition coefficient (Wildman–Crippen LogP) is 12.7. The van der Waals surface area contributed by atoms with Crippen LogP contribution in [0.5, 0.6) is 0 Å². The van der Waals surface area contributed by atoms with Crippen molar-refractivity contribution in [3.8, 4) is 33.6 Å². The standard InChI is InChI=1S/C45H30N2S/c1-29-12-11-20-43(45(29)38-28-48-44-21-10-7-17-35(38)44)47-40-19-9-6-16-34(40)37-27-31(23-25-42(37)47)30-22-24-41-36(26-30)33-15-5-8-18-39(33)46(41)32-13-3-2-4-14-32/h2-28H,1H3. The Labute approximate surface area is 282 Å². The van der Waals surface area contributed by atoms with Crippen LogP contribution in [0.3, 0.4) is 0 Å². The van der Waals surface area contributed by atoms with Crippen molar-refractivity contribution in [2.24, 2.45) is 0 Å². The number of benzene rings is 7. The van der Waals surface area contributed by atoms with E-state index in [1.54, 1.807) is 0 Å². The molecule has 3 heterocycles. The van der Waals surface area contributed by atoms with E-state index in [-0.39, 0.29) is 0 Å². The highest BCUT2D eigenvalue weighted by molar-refractivity contribution is 7.17. The lowest BCUT2D eigenvalue weighted by atomic mass is 9.97. The summed E-state index contributed by atoms with van der Waals surface area (Å²) in [6.07, 6.45) is 0. The van der Waals surface area contributed by atoms with Gasteiger partial charge in [-0.2, -0.15) is 0 Å². The molecular weight excluding hydrogens is 601 g/mol. The second-order valence-corrected chi connectivity index (χ2v) is 13.5. The smallest absolute Gasteiger partial charge is 0.0543 e. The maximum absolute atomic E-state index is 2.47. The number of thiophene rings is 1. The van der Waals surface area contributed by atoms with Crippen LogP contribution in [-0.4, -0.2) is 9.13 Å². The average molecular weight is 631 g/mol. The Hall–Kier alpha value is -5.90. The van der Waals surface area contributed by atoms with Gasteiger partial charge in [-0.3, -0.25) is 0 Å². The molecule has 226 valence electrons. The van der Waals surface area contributed by atoms with Gasteiger partial charge in [0.1, 0.15) is 0 Å². The van der Waals surface area contributed by atoms with Crippen molar-refractivity contribution >= 4 is 65.0 Å². The molecule has 0 radical (unpaired) electrons. The van der Waals surface area contributed by atoms with E-state index in [0.717, 1.165) is 0 Å². The van der Waals surface area contributed by atoms with Crippen molar-refractivity contribution in [2.75, 3.05) is 0 Å². The van der Waals surface area contributed by atoms with Crippen molar-refractivity contribution in [1.29, 1.82) is 0 Å². The van der Waals surface area contributed by atoms with Crippen LogP contribution in [0.1, 0.15) is 5.56 Å². The fourth-order valence-corrected chi connectivity index (χ4v) is 8.73. The lowest BCUT2D eigenvalue weighted by molar-refractivity contribution is 1.17. The summed E-state index contributed by atoms with van der Waals surface area (Å²) >= 11 is 1.82. The number of rotatable bonds is 4. The van der Waals surface area contributed by atoms with Gasteiger partial charge < -0.3 is 9.13 Å². The minimum Gasteiger partial charge on any atom is -0.309 e. The molecule has 10 rings (SSSR count). The molecule has 0 aliphatic carbocycles. The van der Waals surface area contributed by atoms with E-state index in [9.17, 15) is 0 Å². The van der Waals surface area contributed by atoms with Gasteiger partial charge in [0.15, 0.2) is 0 Å². The first kappa shape index (κ1) is 27.2. The first-order valence-corrected chi connectivity index (χ1v) is 17.3. The van der Waals surface area contributed by atoms with Crippen molar-refractivity contribution in [2.45, 2.75) is 6.92 Å². The Bertz CT molecular complexity index is 2850. The third kappa shape index (κ3) is 3.98. The second kappa shape index (κ2) is 10.6. The van der Waals surface area contributed by atoms with Crippen LogP contribution in [-0.2, 0) is 0 Å². The number of hydrogen-bond acceptors (Lipinski definition) is 1. The van der Waals surface area contributed by atoms with Crippen molar-refractivity contribution in [1.82, 2.24) is 9.13 Å². The van der Waals surface area contributed by atoms with Gasteiger partial charge in [-0.05, 0) is 89.7 Å². The Morgan fingerprint density at radius 1 is 0.438 bits per heavy atom. The van der Waals surface area contributed by atoms with Gasteiger partial charge in [0.25, 0.3) is 0 Å². The lowest BCUT2D eigenvalue weighted by Gasteiger charge is -2.16. The number of nitrogens with zero attached hydrogens (tertiary/aromatic N) is 2. The maximum Gasteiger partial charge on any atom is 0.0543 e. The Morgan fingerprint density at radius 2 is 1.00 bits per heavy atom. The molecule has 10 aromatic rings. The van der Waals surface area contributed by atoms with E-state index in [1.165, 1.54) is 92.9 Å². The van der Waals surface area contributed by atoms with Gasteiger partial charge in [0.2, 0.25) is 0 Å². The quantitative estimate of drug-likeness (QED) is 0.183. The molecule has 0 bridgehead atoms. The molecule has 3 heteroatoms. The van der Waals surface area contributed by atoms with E-state index < -0.39 is 0 Å². The fraction of sp³-hybridized carbons (Fsp3) is 0.0222. The van der Waals surface area contributed by atoms with Crippen LogP contribution in [0.25, 0.3) is 87.3 Å². The van der Waals surface area contributed by atoms with Crippen LogP contribution in [0.15, 0.2) is 163 Å². The van der Waals surface area contributed by atoms with E-state index in [0.29, 0.717) is 0 Å². The summed E-state index contributed by atoms with van der Waals surface area (Å²) in [7, 11) is 0. The van der Waals surface area contributed by atoms with E-state index in [1.807, 2.05) is 11.3 Å². The van der Waals surface area contributed by atoms with Crippen molar-refractivity contribution in [3.05, 3.63) is 169 Å². The Balaban J connectivity index is 1.19. The van der Waals surface area contributed by atoms with Crippen LogP contribution in [0.4, 0.5) is 0 Å². The molecule has 3 aromatic heterocycles. The minimum atomic E-state index is 1.18. The summed E-state index contributed by atoms with van der Waals surface area (Å²) in [5.74, 6) is 0. The molecule has 0 N–H and O–H groups in total. The van der Waals surface area contributed by atoms with Gasteiger partial charge in [-0.25, -0.2) is 0 Å². The lowest BCUT2D eigenvalue weighted by Crippen LogP contribution is -1.98. The monoisotopic (exact) mass is 630 g/mol. The molecule has 0 amide bonds. The molecule has 0 spiro atoms. The summed E-state index contributed by atoms with van der Waals surface area (Å²) in [5, 5.41) is 8.69. The highest BCUT2D eigenvalue weighted by atomic mass is 32.1. The molecule has 0 fully saturated rings. The SMILES string of the molecule is Cc1cccc(-n2c3ccccc3c3cc(-c4ccc5c(c4)c4ccccc4n5-c4ccccc4)ccc32)c1-c1csc2ccccc12. The summed E-state index contributed by atoms with van der Waals surface area (Å²) in [5.41, 5.74) is 13.6. The first-order chi connectivity index (χ1) is 23.7. The van der Waals surface area contributed by atoms with E-state index >= 15 is 0 Å². The molecule has 0 aliphatic rings. The largest absolute Gasteiger partial charge is 0.309 e. The highest BCUT2D eigenvalue weighted by Crippen LogP contribution is 2.43. The second-order valence-electron chi connectivity index (χ2n) is 12.6. The zero-order chi connectivity index (χ0) is 31.8. The zero-order valence-electron chi connectivity index (χ0n) is 26.4. The molecule has 7 aromatic carbocycles. The molecular formula is C45H30N2S. The third-order valence-corrected chi connectivity index (χ3v) is 10.9. The van der Waals surface area contributed by atoms with Gasteiger partial charge in [-0.15, -0.1) is 11.3 Å². The summed E-state index contributed by atoms with van der Waals surface area (Å²) in [6, 6.07) is 57.7. The normalized spacial score (nSPS) is 11.9. The molecule has 0 unspecified atom stereocenters. The van der Waals surface area contributed by atoms with Crippen LogP contribution >= 0.6 is 11.3 Å². The van der Waals surface area contributed by atoms with Crippen LogP contribution in [0, 0.1) is 6.92 Å². The predicted molar refractivity (Wildman–Crippen MR) is 206 cm³/mol. The number of aryl methyl sites for hydroxylation is 1. The van der Waals surface area contributed by atoms with Gasteiger partial charge in [0, 0.05) is 48.4 Å². The Morgan fingerprint density at radius 3 is 1.71 bits per heavy atom. The first-order valence-electron chi connectivity index (χ1n) is 16.4. The fourth-order valence-electron chi connectivity index (χ4n) is 7.78. The van der Waals surface area contributed by atoms with Crippen molar-refractivity contribution in [3.63, 3.8) is 0 Å². The molecule has 0 saturated heterocycles.